The maximum atomic E-state index is 13.7. The molecule has 1 aliphatic rings. The van der Waals surface area contributed by atoms with Crippen LogP contribution in [0.3, 0.4) is 0 Å². The number of anilines is 1. The number of imidazole rings is 1. The normalized spacial score (nSPS) is 17.5. The third-order valence-electron chi connectivity index (χ3n) is 6.05. The van der Waals surface area contributed by atoms with Gasteiger partial charge in [-0.15, -0.1) is 0 Å². The lowest BCUT2D eigenvalue weighted by Gasteiger charge is -2.47. The Morgan fingerprint density at radius 1 is 1.12 bits per heavy atom. The Labute approximate surface area is 204 Å². The summed E-state index contributed by atoms with van der Waals surface area (Å²) in [6, 6.07) is 10.5. The van der Waals surface area contributed by atoms with Crippen LogP contribution in [0, 0.1) is 5.82 Å². The number of rotatable bonds is 5. The molecule has 3 heterocycles. The number of hydrogen-bond acceptors (Lipinski definition) is 5. The largest absolute Gasteiger partial charge is 0.315 e. The number of aromatic nitrogens is 3. The summed E-state index contributed by atoms with van der Waals surface area (Å²) in [7, 11) is 0. The van der Waals surface area contributed by atoms with Crippen LogP contribution in [0.15, 0.2) is 47.8 Å². The van der Waals surface area contributed by atoms with Gasteiger partial charge in [0.15, 0.2) is 5.16 Å². The van der Waals surface area contributed by atoms with Crippen LogP contribution < -0.4 is 10.6 Å². The van der Waals surface area contributed by atoms with Crippen LogP contribution >= 0.6 is 11.8 Å². The van der Waals surface area contributed by atoms with E-state index in [-0.39, 0.29) is 28.8 Å². The third-order valence-corrected chi connectivity index (χ3v) is 6.70. The molecule has 6 nitrogen and oxygen atoms in total. The maximum Gasteiger partial charge on any atom is 0.222 e. The average Bonchev–Trinajstić information content (AvgIpc) is 3.11. The maximum absolute atomic E-state index is 13.7. The number of benzene rings is 1. The van der Waals surface area contributed by atoms with Gasteiger partial charge in [-0.05, 0) is 83.2 Å². The molecule has 3 aromatic rings. The highest BCUT2D eigenvalue weighted by molar-refractivity contribution is 7.98. The summed E-state index contributed by atoms with van der Waals surface area (Å²) in [6.07, 6.45) is 5.59. The lowest BCUT2D eigenvalue weighted by atomic mass is 9.79. The molecule has 180 valence electrons. The molecule has 1 fully saturated rings. The Morgan fingerprint density at radius 2 is 1.76 bits per heavy atom. The van der Waals surface area contributed by atoms with Gasteiger partial charge in [0.2, 0.25) is 5.91 Å². The van der Waals surface area contributed by atoms with Crippen LogP contribution in [0.4, 0.5) is 10.2 Å². The van der Waals surface area contributed by atoms with Crippen LogP contribution in [0.1, 0.15) is 53.5 Å². The van der Waals surface area contributed by atoms with Crippen molar-refractivity contribution in [3.05, 3.63) is 48.4 Å². The first-order chi connectivity index (χ1) is 16.0. The first-order valence-corrected chi connectivity index (χ1v) is 12.7. The summed E-state index contributed by atoms with van der Waals surface area (Å²) in [5.74, 6) is 0.0246. The van der Waals surface area contributed by atoms with Crippen molar-refractivity contribution >= 4 is 23.5 Å². The molecule has 1 aliphatic heterocycles. The second-order valence-corrected chi connectivity index (χ2v) is 11.0. The smallest absolute Gasteiger partial charge is 0.222 e. The fourth-order valence-corrected chi connectivity index (χ4v) is 5.88. The Bertz CT molecular complexity index is 1190. The molecule has 34 heavy (non-hydrogen) atoms. The lowest BCUT2D eigenvalue weighted by molar-refractivity contribution is -0.114. The Morgan fingerprint density at radius 3 is 2.35 bits per heavy atom. The fraction of sp³-hybridized carbons (Fsp3) is 0.423. The molecule has 0 aliphatic carbocycles. The molecule has 0 unspecified atom stereocenters. The van der Waals surface area contributed by atoms with E-state index in [0.29, 0.717) is 5.82 Å². The van der Waals surface area contributed by atoms with E-state index in [9.17, 15) is 9.18 Å². The summed E-state index contributed by atoms with van der Waals surface area (Å²) in [6.45, 7) is 10.4. The van der Waals surface area contributed by atoms with E-state index in [1.807, 2.05) is 18.4 Å². The lowest BCUT2D eigenvalue weighted by Crippen LogP contribution is -2.58. The van der Waals surface area contributed by atoms with E-state index < -0.39 is 0 Å². The number of hydrogen-bond donors (Lipinski definition) is 2. The number of carbonyl (C=O) groups excluding carboxylic acids is 1. The van der Waals surface area contributed by atoms with Gasteiger partial charge in [0, 0.05) is 41.4 Å². The van der Waals surface area contributed by atoms with E-state index in [4.69, 9.17) is 4.98 Å². The predicted octanol–water partition coefficient (Wildman–Crippen LogP) is 5.91. The minimum absolute atomic E-state index is 0.0563. The quantitative estimate of drug-likeness (QED) is 0.443. The second kappa shape index (κ2) is 9.15. The van der Waals surface area contributed by atoms with Gasteiger partial charge in [0.05, 0.1) is 11.4 Å². The highest BCUT2D eigenvalue weighted by Crippen LogP contribution is 2.44. The average molecular weight is 482 g/mol. The molecule has 1 amide bonds. The van der Waals surface area contributed by atoms with E-state index in [1.54, 1.807) is 30.1 Å². The van der Waals surface area contributed by atoms with Crippen molar-refractivity contribution in [2.24, 2.45) is 0 Å². The van der Waals surface area contributed by atoms with Crippen molar-refractivity contribution in [1.82, 2.24) is 19.9 Å². The summed E-state index contributed by atoms with van der Waals surface area (Å²) >= 11 is 1.60. The highest BCUT2D eigenvalue weighted by atomic mass is 32.2. The topological polar surface area (TPSA) is 71.8 Å². The van der Waals surface area contributed by atoms with Gasteiger partial charge in [-0.2, -0.15) is 0 Å². The molecular formula is C26H32FN5OS. The Hall–Kier alpha value is -2.71. The summed E-state index contributed by atoms with van der Waals surface area (Å²) in [5, 5.41) is 7.46. The number of carbonyl (C=O) groups is 1. The number of nitrogens with one attached hydrogen (secondary N) is 2. The van der Waals surface area contributed by atoms with E-state index in [1.165, 1.54) is 19.1 Å². The summed E-state index contributed by atoms with van der Waals surface area (Å²) < 4.78 is 16.1. The zero-order valence-electron chi connectivity index (χ0n) is 20.6. The zero-order chi connectivity index (χ0) is 24.7. The number of nitrogens with zero attached hydrogens (tertiary/aromatic N) is 3. The van der Waals surface area contributed by atoms with Crippen LogP contribution in [0.2, 0.25) is 0 Å². The Kier molecular flexibility index (Phi) is 6.57. The van der Waals surface area contributed by atoms with E-state index >= 15 is 0 Å². The van der Waals surface area contributed by atoms with Gasteiger partial charge in [-0.3, -0.25) is 4.79 Å². The molecule has 0 bridgehead atoms. The highest BCUT2D eigenvalue weighted by Gasteiger charge is 2.40. The molecule has 0 radical (unpaired) electrons. The minimum atomic E-state index is -0.284. The molecule has 4 rings (SSSR count). The molecule has 0 spiro atoms. The number of thioether (sulfide) groups is 1. The molecule has 0 atom stereocenters. The molecule has 8 heteroatoms. The van der Waals surface area contributed by atoms with Crippen molar-refractivity contribution < 1.29 is 9.18 Å². The second-order valence-electron chi connectivity index (χ2n) is 10.2. The first-order valence-electron chi connectivity index (χ1n) is 11.4. The van der Waals surface area contributed by atoms with Gasteiger partial charge in [-0.1, -0.05) is 11.8 Å². The van der Waals surface area contributed by atoms with E-state index in [0.717, 1.165) is 40.5 Å². The number of amides is 1. The fourth-order valence-electron chi connectivity index (χ4n) is 5.26. The monoisotopic (exact) mass is 481 g/mol. The molecule has 1 aromatic carbocycles. The SMILES string of the molecule is CSc1nc(-c2ccc(F)cc2)c(-c2ccnc(NC(C)=O)c2)n1C1CC(C)(C)NC(C)(C)C1. The minimum Gasteiger partial charge on any atom is -0.315 e. The van der Waals surface area contributed by atoms with Crippen molar-refractivity contribution in [3.8, 4) is 22.5 Å². The predicted molar refractivity (Wildman–Crippen MR) is 137 cm³/mol. The van der Waals surface area contributed by atoms with Crippen molar-refractivity contribution in [1.29, 1.82) is 0 Å². The van der Waals surface area contributed by atoms with E-state index in [2.05, 4.69) is 47.9 Å². The van der Waals surface area contributed by atoms with Gasteiger partial charge >= 0.3 is 0 Å². The van der Waals surface area contributed by atoms with Gasteiger partial charge in [0.25, 0.3) is 0 Å². The molecule has 2 aromatic heterocycles. The van der Waals surface area contributed by atoms with Crippen LogP contribution in [-0.4, -0.2) is 37.8 Å². The molecule has 1 saturated heterocycles. The summed E-state index contributed by atoms with van der Waals surface area (Å²) in [5.41, 5.74) is 3.37. The van der Waals surface area contributed by atoms with Gasteiger partial charge in [-0.25, -0.2) is 14.4 Å². The standard InChI is InChI=1S/C26H32FN5OS/c1-16(33)29-21-13-18(11-12-28-21)23-22(17-7-9-19(27)10-8-17)30-24(34-6)32(23)20-14-25(2,3)31-26(4,5)15-20/h7-13,20,31H,14-15H2,1-6H3,(H,28,29,33). The Balaban J connectivity index is 1.96. The summed E-state index contributed by atoms with van der Waals surface area (Å²) in [4.78, 5) is 21.0. The number of piperidine rings is 1. The first kappa shape index (κ1) is 24.4. The molecule has 2 N–H and O–H groups in total. The number of pyridine rings is 1. The number of halogens is 1. The third kappa shape index (κ3) is 5.18. The van der Waals surface area contributed by atoms with Crippen LogP contribution in [0.5, 0.6) is 0 Å². The van der Waals surface area contributed by atoms with Crippen molar-refractivity contribution in [2.45, 2.75) is 69.7 Å². The van der Waals surface area contributed by atoms with Gasteiger partial charge in [0.1, 0.15) is 11.6 Å². The zero-order valence-corrected chi connectivity index (χ0v) is 21.4. The molecular weight excluding hydrogens is 449 g/mol. The van der Waals surface area contributed by atoms with Crippen LogP contribution in [-0.2, 0) is 4.79 Å². The van der Waals surface area contributed by atoms with Crippen molar-refractivity contribution in [2.75, 3.05) is 11.6 Å². The van der Waals surface area contributed by atoms with Crippen LogP contribution in [0.25, 0.3) is 22.5 Å². The molecule has 0 saturated carbocycles. The van der Waals surface area contributed by atoms with Gasteiger partial charge < -0.3 is 15.2 Å². The van der Waals surface area contributed by atoms with Crippen molar-refractivity contribution in [3.63, 3.8) is 0 Å².